The first-order valence-corrected chi connectivity index (χ1v) is 9.21. The molecule has 0 aliphatic heterocycles. The van der Waals surface area contributed by atoms with E-state index in [1.807, 2.05) is 31.2 Å². The number of ether oxygens (including phenoxy) is 1. The molecule has 0 radical (unpaired) electrons. The highest BCUT2D eigenvalue weighted by Crippen LogP contribution is 2.26. The topological polar surface area (TPSA) is 99.3 Å². The smallest absolute Gasteiger partial charge is 0.312 e. The monoisotopic (exact) mass is 394 g/mol. The van der Waals surface area contributed by atoms with Gasteiger partial charge in [-0.15, -0.1) is 0 Å². The number of rotatable bonds is 7. The van der Waals surface area contributed by atoms with E-state index >= 15 is 0 Å². The van der Waals surface area contributed by atoms with E-state index < -0.39 is 4.92 Å². The summed E-state index contributed by atoms with van der Waals surface area (Å²) >= 11 is 0. The number of nitro groups is 1. The van der Waals surface area contributed by atoms with Gasteiger partial charge in [-0.2, -0.15) is 5.10 Å². The summed E-state index contributed by atoms with van der Waals surface area (Å²) in [5.74, 6) is 0.304. The Morgan fingerprint density at radius 1 is 1.17 bits per heavy atom. The van der Waals surface area contributed by atoms with Crippen LogP contribution in [0.1, 0.15) is 34.2 Å². The molecule has 150 valence electrons. The fourth-order valence-electron chi connectivity index (χ4n) is 3.19. The van der Waals surface area contributed by atoms with Crippen LogP contribution in [0.25, 0.3) is 0 Å². The maximum absolute atomic E-state index is 12.9. The summed E-state index contributed by atoms with van der Waals surface area (Å²) in [5.41, 5.74) is 2.55. The minimum Gasteiger partial charge on any atom is -0.492 e. The molecular formula is C21H22N4O4. The van der Waals surface area contributed by atoms with E-state index in [9.17, 15) is 14.9 Å². The lowest BCUT2D eigenvalue weighted by Crippen LogP contribution is -2.17. The van der Waals surface area contributed by atoms with Crippen molar-refractivity contribution in [3.63, 3.8) is 0 Å². The van der Waals surface area contributed by atoms with Crippen molar-refractivity contribution in [1.29, 1.82) is 0 Å². The predicted molar refractivity (Wildman–Crippen MR) is 109 cm³/mol. The van der Waals surface area contributed by atoms with E-state index in [1.54, 1.807) is 42.8 Å². The highest BCUT2D eigenvalue weighted by atomic mass is 16.6. The van der Waals surface area contributed by atoms with Crippen LogP contribution in [0.2, 0.25) is 0 Å². The van der Waals surface area contributed by atoms with Crippen LogP contribution < -0.4 is 10.1 Å². The van der Waals surface area contributed by atoms with Gasteiger partial charge in [0.05, 0.1) is 23.8 Å². The molecule has 0 aliphatic carbocycles. The third-order valence-corrected chi connectivity index (χ3v) is 4.54. The van der Waals surface area contributed by atoms with Crippen molar-refractivity contribution in [1.82, 2.24) is 9.78 Å². The number of nitrogens with one attached hydrogen (secondary N) is 1. The summed E-state index contributed by atoms with van der Waals surface area (Å²) in [7, 11) is 0. The average molecular weight is 394 g/mol. The molecule has 0 unspecified atom stereocenters. The Morgan fingerprint density at radius 3 is 2.55 bits per heavy atom. The van der Waals surface area contributed by atoms with Gasteiger partial charge in [0, 0.05) is 5.56 Å². The zero-order valence-corrected chi connectivity index (χ0v) is 16.5. The van der Waals surface area contributed by atoms with Gasteiger partial charge in [0.2, 0.25) is 0 Å². The van der Waals surface area contributed by atoms with Gasteiger partial charge in [-0.05, 0) is 44.5 Å². The molecule has 0 atom stereocenters. The van der Waals surface area contributed by atoms with E-state index in [0.29, 0.717) is 40.6 Å². The zero-order valence-electron chi connectivity index (χ0n) is 16.5. The molecule has 29 heavy (non-hydrogen) atoms. The number of para-hydroxylation sites is 2. The summed E-state index contributed by atoms with van der Waals surface area (Å²) in [6.07, 6.45) is 0. The third kappa shape index (κ3) is 4.26. The molecule has 0 spiro atoms. The van der Waals surface area contributed by atoms with E-state index in [2.05, 4.69) is 10.4 Å². The van der Waals surface area contributed by atoms with Gasteiger partial charge in [-0.1, -0.05) is 30.3 Å². The number of aromatic nitrogens is 2. The molecule has 2 aromatic carbocycles. The summed E-state index contributed by atoms with van der Waals surface area (Å²) in [4.78, 5) is 23.8. The molecule has 1 N–H and O–H groups in total. The van der Waals surface area contributed by atoms with Gasteiger partial charge in [0.25, 0.3) is 5.91 Å². The van der Waals surface area contributed by atoms with E-state index in [-0.39, 0.29) is 18.1 Å². The van der Waals surface area contributed by atoms with Crippen molar-refractivity contribution in [2.45, 2.75) is 27.3 Å². The number of hydrogen-bond donors (Lipinski definition) is 1. The molecule has 0 bridgehead atoms. The minimum atomic E-state index is -0.433. The Hall–Kier alpha value is -3.68. The highest BCUT2D eigenvalue weighted by molar-refractivity contribution is 6.06. The molecule has 0 fully saturated rings. The number of benzene rings is 2. The van der Waals surface area contributed by atoms with Crippen molar-refractivity contribution in [3.8, 4) is 5.75 Å². The predicted octanol–water partition coefficient (Wildman–Crippen LogP) is 4.11. The Morgan fingerprint density at radius 2 is 1.86 bits per heavy atom. The van der Waals surface area contributed by atoms with Crippen LogP contribution in [0.4, 0.5) is 11.4 Å². The lowest BCUT2D eigenvalue weighted by Gasteiger charge is -2.13. The first kappa shape index (κ1) is 20.1. The number of aryl methyl sites for hydroxylation is 1. The van der Waals surface area contributed by atoms with Crippen molar-refractivity contribution >= 4 is 17.3 Å². The maximum atomic E-state index is 12.9. The lowest BCUT2D eigenvalue weighted by molar-refractivity contribution is -0.386. The molecule has 0 saturated carbocycles. The molecule has 8 nitrogen and oxygen atoms in total. The molecule has 1 amide bonds. The number of nitrogens with zero attached hydrogens (tertiary/aromatic N) is 3. The molecule has 1 heterocycles. The largest absolute Gasteiger partial charge is 0.492 e. The van der Waals surface area contributed by atoms with Crippen LogP contribution in [0, 0.1) is 24.0 Å². The first-order valence-electron chi connectivity index (χ1n) is 9.21. The summed E-state index contributed by atoms with van der Waals surface area (Å²) in [5, 5.41) is 18.4. The molecule has 1 aromatic heterocycles. The van der Waals surface area contributed by atoms with Gasteiger partial charge in [0.1, 0.15) is 17.1 Å². The fraction of sp³-hybridized carbons (Fsp3) is 0.238. The molecule has 3 rings (SSSR count). The van der Waals surface area contributed by atoms with Crippen molar-refractivity contribution in [3.05, 3.63) is 81.2 Å². The number of carbonyl (C=O) groups excluding carboxylic acids is 1. The number of amides is 1. The molecule has 3 aromatic rings. The van der Waals surface area contributed by atoms with Gasteiger partial charge in [-0.3, -0.25) is 19.6 Å². The van der Waals surface area contributed by atoms with E-state index in [1.165, 1.54) is 0 Å². The fourth-order valence-corrected chi connectivity index (χ4v) is 3.19. The van der Waals surface area contributed by atoms with Crippen LogP contribution >= 0.6 is 0 Å². The second-order valence-corrected chi connectivity index (χ2v) is 6.47. The SMILES string of the molecule is CCOc1ccccc1NC(=O)c1ccccc1Cn1nc(C)c([N+](=O)[O-])c1C. The number of hydrogen-bond acceptors (Lipinski definition) is 5. The Labute approximate surface area is 168 Å². The van der Waals surface area contributed by atoms with Crippen LogP contribution in [0.3, 0.4) is 0 Å². The van der Waals surface area contributed by atoms with Crippen molar-refractivity contribution < 1.29 is 14.5 Å². The number of carbonyl (C=O) groups is 1. The van der Waals surface area contributed by atoms with E-state index in [0.717, 1.165) is 0 Å². The molecule has 0 saturated heterocycles. The van der Waals surface area contributed by atoms with Crippen LogP contribution in [-0.4, -0.2) is 27.2 Å². The Bertz CT molecular complexity index is 1060. The summed E-state index contributed by atoms with van der Waals surface area (Å²) in [6.45, 7) is 5.86. The highest BCUT2D eigenvalue weighted by Gasteiger charge is 2.23. The van der Waals surface area contributed by atoms with Crippen LogP contribution in [-0.2, 0) is 6.54 Å². The van der Waals surface area contributed by atoms with Gasteiger partial charge in [-0.25, -0.2) is 0 Å². The van der Waals surface area contributed by atoms with Gasteiger partial charge in [0.15, 0.2) is 0 Å². The normalized spacial score (nSPS) is 10.6. The third-order valence-electron chi connectivity index (χ3n) is 4.54. The van der Waals surface area contributed by atoms with Crippen LogP contribution in [0.15, 0.2) is 48.5 Å². The quantitative estimate of drug-likeness (QED) is 0.480. The summed E-state index contributed by atoms with van der Waals surface area (Å²) < 4.78 is 7.11. The molecular weight excluding hydrogens is 372 g/mol. The standard InChI is InChI=1S/C21H22N4O4/c1-4-29-19-12-8-7-11-18(19)22-21(26)17-10-6-5-9-16(17)13-24-15(3)20(25(27)28)14(2)23-24/h5-12H,4,13H2,1-3H3,(H,22,26). The maximum Gasteiger partial charge on any atom is 0.312 e. The first-order chi connectivity index (χ1) is 13.9. The summed E-state index contributed by atoms with van der Waals surface area (Å²) in [6, 6.07) is 14.3. The zero-order chi connectivity index (χ0) is 21.0. The molecule has 8 heteroatoms. The number of anilines is 1. The molecule has 0 aliphatic rings. The minimum absolute atomic E-state index is 0.00225. The Kier molecular flexibility index (Phi) is 5.92. The lowest BCUT2D eigenvalue weighted by atomic mass is 10.1. The average Bonchev–Trinajstić information content (AvgIpc) is 2.97. The van der Waals surface area contributed by atoms with Gasteiger partial charge >= 0.3 is 5.69 Å². The second kappa shape index (κ2) is 8.55. The second-order valence-electron chi connectivity index (χ2n) is 6.47. The Balaban J connectivity index is 1.89. The van der Waals surface area contributed by atoms with E-state index in [4.69, 9.17) is 4.74 Å². The van der Waals surface area contributed by atoms with Crippen LogP contribution in [0.5, 0.6) is 5.75 Å². The van der Waals surface area contributed by atoms with Crippen molar-refractivity contribution in [2.75, 3.05) is 11.9 Å². The van der Waals surface area contributed by atoms with Crippen molar-refractivity contribution in [2.24, 2.45) is 0 Å². The van der Waals surface area contributed by atoms with Gasteiger partial charge < -0.3 is 10.1 Å².